The quantitative estimate of drug-likeness (QED) is 0.578. The molecule has 1 heterocycles. The van der Waals surface area contributed by atoms with Crippen molar-refractivity contribution in [3.8, 4) is 11.3 Å². The SMILES string of the molecule is Cc1cc(Cl)cc2c(C=O)c(-c3ccc(Cl)cc3Cl)[nH]c12. The largest absolute Gasteiger partial charge is 0.354 e. The highest BCUT2D eigenvalue weighted by Crippen LogP contribution is 2.36. The first kappa shape index (κ1) is 14.5. The fourth-order valence-electron chi connectivity index (χ4n) is 2.48. The summed E-state index contributed by atoms with van der Waals surface area (Å²) in [5.41, 5.74) is 3.79. The molecule has 3 rings (SSSR count). The summed E-state index contributed by atoms with van der Waals surface area (Å²) < 4.78 is 0. The zero-order valence-electron chi connectivity index (χ0n) is 11.0. The maximum Gasteiger partial charge on any atom is 0.152 e. The van der Waals surface area contributed by atoms with Crippen LogP contribution in [-0.2, 0) is 0 Å². The molecule has 0 saturated carbocycles. The highest BCUT2D eigenvalue weighted by atomic mass is 35.5. The van der Waals surface area contributed by atoms with E-state index >= 15 is 0 Å². The van der Waals surface area contributed by atoms with E-state index in [1.165, 1.54) is 0 Å². The summed E-state index contributed by atoms with van der Waals surface area (Å²) in [7, 11) is 0. The molecule has 0 fully saturated rings. The van der Waals surface area contributed by atoms with E-state index in [0.717, 1.165) is 28.3 Å². The van der Waals surface area contributed by atoms with Gasteiger partial charge in [0.1, 0.15) is 0 Å². The van der Waals surface area contributed by atoms with Crippen LogP contribution in [0.2, 0.25) is 15.1 Å². The second-order valence-corrected chi connectivity index (χ2v) is 6.08. The summed E-state index contributed by atoms with van der Waals surface area (Å²) in [6, 6.07) is 8.81. The van der Waals surface area contributed by atoms with E-state index in [9.17, 15) is 4.79 Å². The maximum absolute atomic E-state index is 11.5. The van der Waals surface area contributed by atoms with Crippen LogP contribution in [0.1, 0.15) is 15.9 Å². The molecule has 0 aliphatic carbocycles. The van der Waals surface area contributed by atoms with Gasteiger partial charge in [0.05, 0.1) is 10.7 Å². The lowest BCUT2D eigenvalue weighted by atomic mass is 10.1. The number of H-pyrrole nitrogens is 1. The van der Waals surface area contributed by atoms with Gasteiger partial charge in [-0.05, 0) is 42.8 Å². The van der Waals surface area contributed by atoms with E-state index in [2.05, 4.69) is 4.98 Å². The molecule has 0 bridgehead atoms. The Morgan fingerprint density at radius 1 is 1.05 bits per heavy atom. The normalized spacial score (nSPS) is 11.0. The molecule has 21 heavy (non-hydrogen) atoms. The zero-order valence-corrected chi connectivity index (χ0v) is 13.3. The van der Waals surface area contributed by atoms with E-state index in [-0.39, 0.29) is 0 Å². The first-order valence-corrected chi connectivity index (χ1v) is 7.37. The molecule has 0 atom stereocenters. The third-order valence-corrected chi connectivity index (χ3v) is 4.19. The zero-order chi connectivity index (χ0) is 15.1. The van der Waals surface area contributed by atoms with Crippen molar-refractivity contribution in [2.24, 2.45) is 0 Å². The first-order valence-electron chi connectivity index (χ1n) is 6.23. The number of hydrogen-bond acceptors (Lipinski definition) is 1. The van der Waals surface area contributed by atoms with Gasteiger partial charge in [-0.1, -0.05) is 34.8 Å². The molecule has 2 nitrogen and oxygen atoms in total. The number of rotatable bonds is 2. The Balaban J connectivity index is 2.37. The standard InChI is InChI=1S/C16H10Cl3NO/c1-8-4-10(18)5-12-13(7-21)16(20-15(8)12)11-3-2-9(17)6-14(11)19/h2-7,20H,1H3. The van der Waals surface area contributed by atoms with Gasteiger partial charge in [0.25, 0.3) is 0 Å². The minimum atomic E-state index is 0.487. The summed E-state index contributed by atoms with van der Waals surface area (Å²) in [6.45, 7) is 1.94. The number of carbonyl (C=O) groups is 1. The predicted molar refractivity (Wildman–Crippen MR) is 88.9 cm³/mol. The van der Waals surface area contributed by atoms with Crippen molar-refractivity contribution >= 4 is 52.0 Å². The molecular weight excluding hydrogens is 329 g/mol. The minimum Gasteiger partial charge on any atom is -0.354 e. The van der Waals surface area contributed by atoms with E-state index in [4.69, 9.17) is 34.8 Å². The lowest BCUT2D eigenvalue weighted by Gasteiger charge is -2.03. The van der Waals surface area contributed by atoms with Gasteiger partial charge >= 0.3 is 0 Å². The van der Waals surface area contributed by atoms with Crippen LogP contribution in [0, 0.1) is 6.92 Å². The van der Waals surface area contributed by atoms with Crippen LogP contribution in [0.4, 0.5) is 0 Å². The average molecular weight is 339 g/mol. The first-order chi connectivity index (χ1) is 10.0. The monoisotopic (exact) mass is 337 g/mol. The fraction of sp³-hybridized carbons (Fsp3) is 0.0625. The summed E-state index contributed by atoms with van der Waals surface area (Å²) in [6.07, 6.45) is 0.814. The van der Waals surface area contributed by atoms with Crippen LogP contribution in [0.15, 0.2) is 30.3 Å². The van der Waals surface area contributed by atoms with Crippen LogP contribution in [0.25, 0.3) is 22.2 Å². The lowest BCUT2D eigenvalue weighted by molar-refractivity contribution is 0.112. The Kier molecular flexibility index (Phi) is 3.70. The molecule has 5 heteroatoms. The fourth-order valence-corrected chi connectivity index (χ4v) is 3.25. The molecule has 2 aromatic carbocycles. The highest BCUT2D eigenvalue weighted by molar-refractivity contribution is 6.36. The Labute approximate surface area is 136 Å². The predicted octanol–water partition coefficient (Wildman–Crippen LogP) is 5.92. The number of aromatic amines is 1. The van der Waals surface area contributed by atoms with E-state index < -0.39 is 0 Å². The van der Waals surface area contributed by atoms with E-state index in [1.807, 2.05) is 13.0 Å². The van der Waals surface area contributed by atoms with Gasteiger partial charge in [0.2, 0.25) is 0 Å². The van der Waals surface area contributed by atoms with Crippen LogP contribution in [0.3, 0.4) is 0 Å². The molecule has 106 valence electrons. The lowest BCUT2D eigenvalue weighted by Crippen LogP contribution is -1.85. The number of halogens is 3. The third-order valence-electron chi connectivity index (χ3n) is 3.43. The smallest absolute Gasteiger partial charge is 0.152 e. The molecule has 0 aliphatic rings. The van der Waals surface area contributed by atoms with Gasteiger partial charge in [-0.25, -0.2) is 0 Å². The topological polar surface area (TPSA) is 32.9 Å². The van der Waals surface area contributed by atoms with Gasteiger partial charge in [0.15, 0.2) is 6.29 Å². The molecule has 0 saturated heterocycles. The molecule has 0 unspecified atom stereocenters. The van der Waals surface area contributed by atoms with Crippen molar-refractivity contribution in [3.63, 3.8) is 0 Å². The molecule has 3 aromatic rings. The second kappa shape index (κ2) is 5.38. The van der Waals surface area contributed by atoms with Crippen molar-refractivity contribution in [1.29, 1.82) is 0 Å². The van der Waals surface area contributed by atoms with Gasteiger partial charge in [-0.2, -0.15) is 0 Å². The Hall–Kier alpha value is -1.48. The van der Waals surface area contributed by atoms with Crippen LogP contribution >= 0.6 is 34.8 Å². The Bertz CT molecular complexity index is 868. The summed E-state index contributed by atoms with van der Waals surface area (Å²) in [5, 5.41) is 2.42. The average Bonchev–Trinajstić information content (AvgIpc) is 2.77. The summed E-state index contributed by atoms with van der Waals surface area (Å²) in [5.74, 6) is 0. The summed E-state index contributed by atoms with van der Waals surface area (Å²) in [4.78, 5) is 14.8. The number of aldehydes is 1. The third kappa shape index (κ3) is 2.44. The van der Waals surface area contributed by atoms with Crippen LogP contribution < -0.4 is 0 Å². The second-order valence-electron chi connectivity index (χ2n) is 4.80. The number of fused-ring (bicyclic) bond motifs is 1. The minimum absolute atomic E-state index is 0.487. The van der Waals surface area contributed by atoms with Gasteiger partial charge in [0, 0.05) is 32.1 Å². The van der Waals surface area contributed by atoms with Crippen molar-refractivity contribution in [2.45, 2.75) is 6.92 Å². The Morgan fingerprint density at radius 3 is 2.48 bits per heavy atom. The van der Waals surface area contributed by atoms with Crippen LogP contribution in [-0.4, -0.2) is 11.3 Å². The molecule has 0 spiro atoms. The van der Waals surface area contributed by atoms with E-state index in [1.54, 1.807) is 24.3 Å². The van der Waals surface area contributed by atoms with Gasteiger partial charge in [-0.3, -0.25) is 4.79 Å². The maximum atomic E-state index is 11.5. The molecular formula is C16H10Cl3NO. The van der Waals surface area contributed by atoms with Crippen molar-refractivity contribution in [2.75, 3.05) is 0 Å². The van der Waals surface area contributed by atoms with Crippen molar-refractivity contribution in [3.05, 3.63) is 56.5 Å². The number of benzene rings is 2. The van der Waals surface area contributed by atoms with Crippen LogP contribution in [0.5, 0.6) is 0 Å². The Morgan fingerprint density at radius 2 is 1.81 bits per heavy atom. The van der Waals surface area contributed by atoms with Gasteiger partial charge < -0.3 is 4.98 Å². The number of aromatic nitrogens is 1. The highest BCUT2D eigenvalue weighted by Gasteiger charge is 2.16. The molecule has 0 aliphatic heterocycles. The number of carbonyl (C=O) groups excluding carboxylic acids is 1. The number of nitrogens with one attached hydrogen (secondary N) is 1. The summed E-state index contributed by atoms with van der Waals surface area (Å²) >= 11 is 18.3. The van der Waals surface area contributed by atoms with Crippen molar-refractivity contribution in [1.82, 2.24) is 4.98 Å². The van der Waals surface area contributed by atoms with E-state index in [0.29, 0.717) is 26.3 Å². The molecule has 1 aromatic heterocycles. The molecule has 0 amide bonds. The van der Waals surface area contributed by atoms with Gasteiger partial charge in [-0.15, -0.1) is 0 Å². The number of aryl methyl sites for hydroxylation is 1. The molecule has 0 radical (unpaired) electrons. The van der Waals surface area contributed by atoms with Crippen molar-refractivity contribution < 1.29 is 4.79 Å². The number of hydrogen-bond donors (Lipinski definition) is 1. The molecule has 1 N–H and O–H groups in total.